The van der Waals surface area contributed by atoms with Gasteiger partial charge in [0.25, 0.3) is 5.91 Å². The summed E-state index contributed by atoms with van der Waals surface area (Å²) in [5.74, 6) is 0.165. The first-order valence-electron chi connectivity index (χ1n) is 6.35. The van der Waals surface area contributed by atoms with E-state index in [9.17, 15) is 4.79 Å². The number of benzene rings is 1. The van der Waals surface area contributed by atoms with Gasteiger partial charge in [0.15, 0.2) is 0 Å². The lowest BCUT2D eigenvalue weighted by atomic mass is 10.1. The van der Waals surface area contributed by atoms with Crippen LogP contribution in [0, 0.1) is 3.57 Å². The van der Waals surface area contributed by atoms with E-state index in [4.69, 9.17) is 0 Å². The van der Waals surface area contributed by atoms with Gasteiger partial charge in [-0.05, 0) is 70.0 Å². The van der Waals surface area contributed by atoms with Crippen LogP contribution in [0.4, 0.5) is 0 Å². The number of thiophene rings is 1. The molecule has 0 radical (unpaired) electrons. The molecule has 0 aliphatic carbocycles. The predicted octanol–water partition coefficient (Wildman–Crippen LogP) is 4.33. The SMILES string of the molecule is O=C(c1ccccc1I)N1CCCC1c1ccsc1. The molecule has 0 N–H and O–H groups in total. The van der Waals surface area contributed by atoms with E-state index in [0.717, 1.165) is 28.5 Å². The summed E-state index contributed by atoms with van der Waals surface area (Å²) in [6.07, 6.45) is 2.17. The average Bonchev–Trinajstić information content (AvgIpc) is 3.09. The highest BCUT2D eigenvalue weighted by Crippen LogP contribution is 2.34. The van der Waals surface area contributed by atoms with E-state index in [1.165, 1.54) is 5.56 Å². The fourth-order valence-electron chi connectivity index (χ4n) is 2.61. The van der Waals surface area contributed by atoms with E-state index >= 15 is 0 Å². The molecule has 1 aliphatic heterocycles. The van der Waals surface area contributed by atoms with Crippen LogP contribution < -0.4 is 0 Å². The van der Waals surface area contributed by atoms with Gasteiger partial charge < -0.3 is 4.90 Å². The second-order valence-corrected chi connectivity index (χ2v) is 6.64. The Morgan fingerprint density at radius 3 is 2.89 bits per heavy atom. The fraction of sp³-hybridized carbons (Fsp3) is 0.267. The maximum atomic E-state index is 12.7. The van der Waals surface area contributed by atoms with Gasteiger partial charge in [0.05, 0.1) is 11.6 Å². The molecule has 1 aliphatic rings. The summed E-state index contributed by atoms with van der Waals surface area (Å²) in [7, 11) is 0. The third-order valence-electron chi connectivity index (χ3n) is 3.55. The maximum absolute atomic E-state index is 12.7. The molecular weight excluding hydrogens is 369 g/mol. The zero-order valence-electron chi connectivity index (χ0n) is 10.4. The smallest absolute Gasteiger partial charge is 0.255 e. The summed E-state index contributed by atoms with van der Waals surface area (Å²) < 4.78 is 1.03. The molecule has 1 aromatic carbocycles. The van der Waals surface area contributed by atoms with Crippen LogP contribution in [0.3, 0.4) is 0 Å². The summed E-state index contributed by atoms with van der Waals surface area (Å²) in [5.41, 5.74) is 2.10. The van der Waals surface area contributed by atoms with Crippen molar-refractivity contribution in [3.8, 4) is 0 Å². The Kier molecular flexibility index (Phi) is 3.88. The van der Waals surface area contributed by atoms with Crippen LogP contribution in [-0.4, -0.2) is 17.4 Å². The zero-order chi connectivity index (χ0) is 13.2. The molecule has 4 heteroatoms. The van der Waals surface area contributed by atoms with Crippen molar-refractivity contribution in [2.75, 3.05) is 6.54 Å². The maximum Gasteiger partial charge on any atom is 0.255 e. The quantitative estimate of drug-likeness (QED) is 0.707. The van der Waals surface area contributed by atoms with Crippen molar-refractivity contribution in [1.29, 1.82) is 0 Å². The number of carbonyl (C=O) groups excluding carboxylic acids is 1. The largest absolute Gasteiger partial charge is 0.332 e. The molecule has 19 heavy (non-hydrogen) atoms. The van der Waals surface area contributed by atoms with Gasteiger partial charge in [-0.2, -0.15) is 11.3 Å². The molecule has 3 rings (SSSR count). The van der Waals surface area contributed by atoms with Crippen molar-refractivity contribution in [1.82, 2.24) is 4.90 Å². The Hall–Kier alpha value is -0.880. The van der Waals surface area contributed by atoms with Gasteiger partial charge in [0, 0.05) is 10.1 Å². The first-order chi connectivity index (χ1) is 9.27. The Labute approximate surface area is 130 Å². The van der Waals surface area contributed by atoms with Crippen molar-refractivity contribution in [2.45, 2.75) is 18.9 Å². The van der Waals surface area contributed by atoms with Crippen LogP contribution in [0.5, 0.6) is 0 Å². The number of hydrogen-bond acceptors (Lipinski definition) is 2. The number of likely N-dealkylation sites (tertiary alicyclic amines) is 1. The molecular formula is C15H14INOS. The highest BCUT2D eigenvalue weighted by molar-refractivity contribution is 14.1. The van der Waals surface area contributed by atoms with Gasteiger partial charge in [-0.1, -0.05) is 12.1 Å². The van der Waals surface area contributed by atoms with Crippen molar-refractivity contribution in [3.05, 3.63) is 55.8 Å². The van der Waals surface area contributed by atoms with E-state index in [2.05, 4.69) is 39.4 Å². The van der Waals surface area contributed by atoms with Crippen LogP contribution >= 0.6 is 33.9 Å². The lowest BCUT2D eigenvalue weighted by Gasteiger charge is -2.24. The molecule has 0 saturated carbocycles. The second kappa shape index (κ2) is 5.63. The first kappa shape index (κ1) is 13.1. The molecule has 98 valence electrons. The van der Waals surface area contributed by atoms with Crippen LogP contribution in [0.15, 0.2) is 41.1 Å². The van der Waals surface area contributed by atoms with Crippen LogP contribution in [-0.2, 0) is 0 Å². The van der Waals surface area contributed by atoms with Crippen molar-refractivity contribution < 1.29 is 4.79 Å². The van der Waals surface area contributed by atoms with Crippen LogP contribution in [0.25, 0.3) is 0 Å². The van der Waals surface area contributed by atoms with Gasteiger partial charge in [0.1, 0.15) is 0 Å². The summed E-state index contributed by atoms with van der Waals surface area (Å²) in [6, 6.07) is 10.2. The average molecular weight is 383 g/mol. The van der Waals surface area contributed by atoms with Gasteiger partial charge >= 0.3 is 0 Å². The lowest BCUT2D eigenvalue weighted by molar-refractivity contribution is 0.0735. The van der Waals surface area contributed by atoms with Crippen molar-refractivity contribution >= 4 is 39.8 Å². The van der Waals surface area contributed by atoms with Crippen molar-refractivity contribution in [2.24, 2.45) is 0 Å². The normalized spacial score (nSPS) is 18.8. The number of amides is 1. The third-order valence-corrected chi connectivity index (χ3v) is 5.19. The molecule has 0 bridgehead atoms. The Balaban J connectivity index is 1.89. The fourth-order valence-corrected chi connectivity index (χ4v) is 3.94. The highest BCUT2D eigenvalue weighted by atomic mass is 127. The van der Waals surface area contributed by atoms with Crippen LogP contribution in [0.2, 0.25) is 0 Å². The number of halogens is 1. The summed E-state index contributed by atoms with van der Waals surface area (Å²) in [6.45, 7) is 0.865. The molecule has 1 unspecified atom stereocenters. The molecule has 0 spiro atoms. The Morgan fingerprint density at radius 2 is 2.16 bits per heavy atom. The second-order valence-electron chi connectivity index (χ2n) is 4.69. The monoisotopic (exact) mass is 383 g/mol. The molecule has 1 atom stereocenters. The summed E-state index contributed by atoms with van der Waals surface area (Å²) in [4.78, 5) is 14.7. The first-order valence-corrected chi connectivity index (χ1v) is 8.37. The van der Waals surface area contributed by atoms with Crippen LogP contribution in [0.1, 0.15) is 34.8 Å². The minimum Gasteiger partial charge on any atom is -0.332 e. The van der Waals surface area contributed by atoms with E-state index in [-0.39, 0.29) is 11.9 Å². The van der Waals surface area contributed by atoms with Crippen molar-refractivity contribution in [3.63, 3.8) is 0 Å². The topological polar surface area (TPSA) is 20.3 Å². The van der Waals surface area contributed by atoms with Gasteiger partial charge in [-0.3, -0.25) is 4.79 Å². The number of carbonyl (C=O) groups is 1. The minimum absolute atomic E-state index is 0.165. The minimum atomic E-state index is 0.165. The number of hydrogen-bond donors (Lipinski definition) is 0. The van der Waals surface area contributed by atoms with E-state index < -0.39 is 0 Å². The van der Waals surface area contributed by atoms with Gasteiger partial charge in [0.2, 0.25) is 0 Å². The van der Waals surface area contributed by atoms with E-state index in [1.54, 1.807) is 11.3 Å². The lowest BCUT2D eigenvalue weighted by Crippen LogP contribution is -2.30. The van der Waals surface area contributed by atoms with Gasteiger partial charge in [-0.25, -0.2) is 0 Å². The predicted molar refractivity (Wildman–Crippen MR) is 86.5 cm³/mol. The molecule has 2 heterocycles. The molecule has 1 saturated heterocycles. The Bertz CT molecular complexity index is 582. The third kappa shape index (κ3) is 2.56. The Morgan fingerprint density at radius 1 is 1.32 bits per heavy atom. The molecule has 1 aromatic heterocycles. The number of rotatable bonds is 2. The van der Waals surface area contributed by atoms with E-state index in [1.807, 2.05) is 29.2 Å². The molecule has 1 amide bonds. The van der Waals surface area contributed by atoms with E-state index in [0.29, 0.717) is 0 Å². The highest BCUT2D eigenvalue weighted by Gasteiger charge is 2.31. The number of nitrogens with zero attached hydrogens (tertiary/aromatic N) is 1. The summed E-state index contributed by atoms with van der Waals surface area (Å²) in [5, 5.41) is 4.24. The zero-order valence-corrected chi connectivity index (χ0v) is 13.4. The van der Waals surface area contributed by atoms with Gasteiger partial charge in [-0.15, -0.1) is 0 Å². The molecule has 1 fully saturated rings. The molecule has 2 aromatic rings. The standard InChI is InChI=1S/C15H14INOS/c16-13-5-2-1-4-12(13)15(18)17-8-3-6-14(17)11-7-9-19-10-11/h1-2,4-5,7,9-10,14H,3,6,8H2. The molecule has 2 nitrogen and oxygen atoms in total. The summed E-state index contributed by atoms with van der Waals surface area (Å²) >= 11 is 3.94.